The molecule has 1 heterocycles. The summed E-state index contributed by atoms with van der Waals surface area (Å²) in [6.45, 7) is 7.02. The van der Waals surface area contributed by atoms with Crippen LogP contribution in [0.3, 0.4) is 0 Å². The third-order valence-corrected chi connectivity index (χ3v) is 7.25. The molecule has 0 spiro atoms. The Labute approximate surface area is 223 Å². The molecule has 1 aromatic carbocycles. The van der Waals surface area contributed by atoms with Gasteiger partial charge in [0.1, 0.15) is 11.5 Å². The van der Waals surface area contributed by atoms with Crippen molar-refractivity contribution in [3.05, 3.63) is 59.9 Å². The van der Waals surface area contributed by atoms with Crippen molar-refractivity contribution < 1.29 is 19.5 Å². The Bertz CT molecular complexity index is 1030. The Hall–Kier alpha value is -3.33. The predicted molar refractivity (Wildman–Crippen MR) is 151 cm³/mol. The number of pyridine rings is 1. The first-order valence-electron chi connectivity index (χ1n) is 12.7. The average Bonchev–Trinajstić information content (AvgIpc) is 2.88. The van der Waals surface area contributed by atoms with Crippen molar-refractivity contribution in [2.24, 2.45) is 5.92 Å². The summed E-state index contributed by atoms with van der Waals surface area (Å²) in [6.07, 6.45) is 6.46. The van der Waals surface area contributed by atoms with Gasteiger partial charge >= 0.3 is 5.97 Å². The van der Waals surface area contributed by atoms with E-state index in [-0.39, 0.29) is 29.9 Å². The molecule has 0 aliphatic rings. The second-order valence-electron chi connectivity index (χ2n) is 9.04. The van der Waals surface area contributed by atoms with Crippen LogP contribution in [-0.2, 0) is 14.4 Å². The molecule has 0 bridgehead atoms. The van der Waals surface area contributed by atoms with Gasteiger partial charge in [-0.15, -0.1) is 0 Å². The second kappa shape index (κ2) is 16.4. The van der Waals surface area contributed by atoms with Crippen molar-refractivity contribution in [3.63, 3.8) is 0 Å². The van der Waals surface area contributed by atoms with Crippen molar-refractivity contribution in [2.45, 2.75) is 58.1 Å². The van der Waals surface area contributed by atoms with E-state index >= 15 is 0 Å². The maximum absolute atomic E-state index is 12.4. The minimum atomic E-state index is -1.20. The molecule has 0 aliphatic heterocycles. The van der Waals surface area contributed by atoms with Crippen LogP contribution in [0.2, 0.25) is 0 Å². The lowest BCUT2D eigenvalue weighted by atomic mass is 10.1. The van der Waals surface area contributed by atoms with Gasteiger partial charge in [0.15, 0.2) is 0 Å². The van der Waals surface area contributed by atoms with Gasteiger partial charge < -0.3 is 21.1 Å². The Kier molecular flexibility index (Phi) is 13.3. The normalized spacial score (nSPS) is 12.9. The summed E-state index contributed by atoms with van der Waals surface area (Å²) >= 11 is 1.82. The zero-order valence-electron chi connectivity index (χ0n) is 21.8. The smallest absolute Gasteiger partial charge is 0.352 e. The molecule has 2 atom stereocenters. The molecule has 8 nitrogen and oxygen atoms in total. The number of aliphatic carboxylic acids is 1. The molecule has 0 radical (unpaired) electrons. The molecule has 200 valence electrons. The number of nitrogens with zero attached hydrogens (tertiary/aromatic N) is 1. The molecule has 2 aromatic rings. The fourth-order valence-electron chi connectivity index (χ4n) is 3.32. The zero-order chi connectivity index (χ0) is 27.0. The Balaban J connectivity index is 1.78. The highest BCUT2D eigenvalue weighted by atomic mass is 32.2. The number of thioether (sulfide) groups is 1. The van der Waals surface area contributed by atoms with Gasteiger partial charge in [0.25, 0.3) is 0 Å². The van der Waals surface area contributed by atoms with E-state index in [0.717, 1.165) is 37.4 Å². The highest BCUT2D eigenvalue weighted by molar-refractivity contribution is 7.99. The molecule has 0 fully saturated rings. The second-order valence-corrected chi connectivity index (χ2v) is 10.5. The molecule has 37 heavy (non-hydrogen) atoms. The number of rotatable bonds is 16. The molecular formula is C28H38N4O4S. The standard InChI is InChI=1S/C28H38N4O4S/c1-4-21(3)37-19-20(2)17-27(34)32-24(28(35)36)18-22-11-13-23(14-12-22)31-26(33)10-6-8-16-30-25-9-5-7-15-29-25/h5,7,9,11-15,18,20-21H,4,6,8,10,16-17,19H2,1-3H3,(H,29,30)(H,31,33)(H,32,34)(H,35,36)/b24-18+/t20-,21?/m1/s1. The lowest BCUT2D eigenvalue weighted by Crippen LogP contribution is -2.28. The van der Waals surface area contributed by atoms with Gasteiger partial charge in [-0.25, -0.2) is 9.78 Å². The molecule has 9 heteroatoms. The van der Waals surface area contributed by atoms with Gasteiger partial charge in [0.05, 0.1) is 0 Å². The Morgan fingerprint density at radius 1 is 1.05 bits per heavy atom. The molecule has 2 rings (SSSR count). The van der Waals surface area contributed by atoms with Crippen LogP contribution in [0, 0.1) is 5.92 Å². The van der Waals surface area contributed by atoms with E-state index in [2.05, 4.69) is 34.8 Å². The van der Waals surface area contributed by atoms with Gasteiger partial charge in [0.2, 0.25) is 11.8 Å². The minimum absolute atomic E-state index is 0.0831. The summed E-state index contributed by atoms with van der Waals surface area (Å²) in [5.74, 6) is 0.214. The molecule has 1 aromatic heterocycles. The van der Waals surface area contributed by atoms with E-state index in [0.29, 0.717) is 22.9 Å². The maximum atomic E-state index is 12.4. The number of anilines is 2. The highest BCUT2D eigenvalue weighted by Gasteiger charge is 2.15. The SMILES string of the molecule is CCC(C)SC[C@H](C)CC(=O)N/C(=C/c1ccc(NC(=O)CCCCNc2ccccn2)cc1)C(=O)O. The largest absolute Gasteiger partial charge is 0.477 e. The van der Waals surface area contributed by atoms with Crippen LogP contribution in [-0.4, -0.2) is 45.4 Å². The van der Waals surface area contributed by atoms with E-state index in [4.69, 9.17) is 0 Å². The van der Waals surface area contributed by atoms with E-state index < -0.39 is 5.97 Å². The quantitative estimate of drug-likeness (QED) is 0.171. The number of amides is 2. The number of unbranched alkanes of at least 4 members (excludes halogenated alkanes) is 1. The molecule has 0 aliphatic carbocycles. The zero-order valence-corrected chi connectivity index (χ0v) is 22.6. The predicted octanol–water partition coefficient (Wildman–Crippen LogP) is 5.40. The van der Waals surface area contributed by atoms with Gasteiger partial charge in [-0.05, 0) is 66.8 Å². The number of hydrogen-bond acceptors (Lipinski definition) is 6. The number of carbonyl (C=O) groups is 3. The third kappa shape index (κ3) is 12.5. The molecule has 2 amide bonds. The lowest BCUT2D eigenvalue weighted by molar-refractivity contribution is -0.134. The van der Waals surface area contributed by atoms with Crippen molar-refractivity contribution in [2.75, 3.05) is 22.9 Å². The maximum Gasteiger partial charge on any atom is 0.352 e. The van der Waals surface area contributed by atoms with Crippen LogP contribution in [0.1, 0.15) is 58.4 Å². The fraction of sp³-hybridized carbons (Fsp3) is 0.429. The first-order chi connectivity index (χ1) is 17.8. The topological polar surface area (TPSA) is 120 Å². The van der Waals surface area contributed by atoms with Gasteiger partial charge in [-0.1, -0.05) is 39.0 Å². The number of carboxylic acids is 1. The fourth-order valence-corrected chi connectivity index (χ4v) is 4.33. The van der Waals surface area contributed by atoms with E-state index in [1.54, 1.807) is 30.5 Å². The number of carbonyl (C=O) groups excluding carboxylic acids is 2. The number of hydrogen-bond donors (Lipinski definition) is 4. The van der Waals surface area contributed by atoms with E-state index in [9.17, 15) is 19.5 Å². The Morgan fingerprint density at radius 2 is 1.81 bits per heavy atom. The summed E-state index contributed by atoms with van der Waals surface area (Å²) in [7, 11) is 0. The molecule has 1 unspecified atom stereocenters. The van der Waals surface area contributed by atoms with E-state index in [1.165, 1.54) is 6.08 Å². The van der Waals surface area contributed by atoms with Gasteiger partial charge in [-0.2, -0.15) is 11.8 Å². The molecular weight excluding hydrogens is 488 g/mol. The van der Waals surface area contributed by atoms with Crippen molar-refractivity contribution in [3.8, 4) is 0 Å². The summed E-state index contributed by atoms with van der Waals surface area (Å²) < 4.78 is 0. The molecule has 0 saturated carbocycles. The first kappa shape index (κ1) is 29.9. The third-order valence-electron chi connectivity index (χ3n) is 5.59. The summed E-state index contributed by atoms with van der Waals surface area (Å²) in [6, 6.07) is 12.5. The number of nitrogens with one attached hydrogen (secondary N) is 3. The first-order valence-corrected chi connectivity index (χ1v) is 13.7. The number of aromatic nitrogens is 1. The lowest BCUT2D eigenvalue weighted by Gasteiger charge is -2.14. The van der Waals surface area contributed by atoms with Gasteiger partial charge in [-0.3, -0.25) is 9.59 Å². The summed E-state index contributed by atoms with van der Waals surface area (Å²) in [4.78, 5) is 40.5. The van der Waals surface area contributed by atoms with Gasteiger partial charge in [0, 0.05) is 36.5 Å². The van der Waals surface area contributed by atoms with Crippen LogP contribution in [0.25, 0.3) is 6.08 Å². The summed E-state index contributed by atoms with van der Waals surface area (Å²) in [5, 5.41) is 18.7. The Morgan fingerprint density at radius 3 is 2.46 bits per heavy atom. The van der Waals surface area contributed by atoms with Crippen LogP contribution < -0.4 is 16.0 Å². The van der Waals surface area contributed by atoms with Crippen molar-refractivity contribution in [1.82, 2.24) is 10.3 Å². The van der Waals surface area contributed by atoms with Crippen LogP contribution >= 0.6 is 11.8 Å². The molecule has 0 saturated heterocycles. The van der Waals surface area contributed by atoms with Crippen LogP contribution in [0.5, 0.6) is 0 Å². The van der Waals surface area contributed by atoms with Crippen molar-refractivity contribution >= 4 is 47.1 Å². The van der Waals surface area contributed by atoms with E-state index in [1.807, 2.05) is 36.9 Å². The monoisotopic (exact) mass is 526 g/mol. The number of benzene rings is 1. The highest BCUT2D eigenvalue weighted by Crippen LogP contribution is 2.19. The molecule has 4 N–H and O–H groups in total. The number of carboxylic acid groups (broad SMARTS) is 1. The average molecular weight is 527 g/mol. The van der Waals surface area contributed by atoms with Crippen molar-refractivity contribution in [1.29, 1.82) is 0 Å². The van der Waals surface area contributed by atoms with Crippen LogP contribution in [0.15, 0.2) is 54.4 Å². The van der Waals surface area contributed by atoms with Crippen LogP contribution in [0.4, 0.5) is 11.5 Å². The summed E-state index contributed by atoms with van der Waals surface area (Å²) in [5.41, 5.74) is 1.06. The minimum Gasteiger partial charge on any atom is -0.477 e.